The van der Waals surface area contributed by atoms with Crippen molar-refractivity contribution in [1.29, 1.82) is 0 Å². The number of benzene rings is 3. The van der Waals surface area contributed by atoms with Gasteiger partial charge in [-0.05, 0) is 36.0 Å². The van der Waals surface area contributed by atoms with E-state index in [0.717, 1.165) is 16.7 Å². The quantitative estimate of drug-likeness (QED) is 0.172. The van der Waals surface area contributed by atoms with E-state index in [1.807, 2.05) is 91.0 Å². The number of carbonyl (C=O) groups is 3. The van der Waals surface area contributed by atoms with Crippen LogP contribution in [0.5, 0.6) is 0 Å². The maximum atomic E-state index is 13.4. The Morgan fingerprint density at radius 3 is 2.05 bits per heavy atom. The summed E-state index contributed by atoms with van der Waals surface area (Å²) in [5.41, 5.74) is 3.01. The van der Waals surface area contributed by atoms with Gasteiger partial charge in [-0.15, -0.1) is 0 Å². The maximum Gasteiger partial charge on any atom is 0.407 e. The number of nitrogens with one attached hydrogen (secondary N) is 4. The zero-order chi connectivity index (χ0) is 28.4. The SMILES string of the molecule is CNC(=O)/C=C/[C@H](Cc1ccccc1)NC(=O)[C@H](CCCNC(=O)OCc1ccccc1)NCc1ccccc1. The smallest absolute Gasteiger partial charge is 0.407 e. The molecule has 0 aliphatic heterocycles. The Labute approximate surface area is 236 Å². The molecule has 0 spiro atoms. The van der Waals surface area contributed by atoms with E-state index in [1.54, 1.807) is 13.1 Å². The number of rotatable bonds is 15. The summed E-state index contributed by atoms with van der Waals surface area (Å²) in [4.78, 5) is 37.4. The van der Waals surface area contributed by atoms with Crippen LogP contribution in [0.4, 0.5) is 4.79 Å². The van der Waals surface area contributed by atoms with Crippen LogP contribution in [0.3, 0.4) is 0 Å². The lowest BCUT2D eigenvalue weighted by Gasteiger charge is -2.22. The number of hydrogen-bond donors (Lipinski definition) is 4. The Morgan fingerprint density at radius 2 is 1.43 bits per heavy atom. The van der Waals surface area contributed by atoms with E-state index in [9.17, 15) is 14.4 Å². The van der Waals surface area contributed by atoms with Gasteiger partial charge < -0.3 is 26.0 Å². The van der Waals surface area contributed by atoms with Crippen LogP contribution in [0.2, 0.25) is 0 Å². The zero-order valence-corrected chi connectivity index (χ0v) is 22.8. The van der Waals surface area contributed by atoms with E-state index in [4.69, 9.17) is 4.74 Å². The molecule has 4 N–H and O–H groups in total. The number of amides is 3. The van der Waals surface area contributed by atoms with Gasteiger partial charge >= 0.3 is 6.09 Å². The van der Waals surface area contributed by atoms with Crippen molar-refractivity contribution in [3.05, 3.63) is 120 Å². The normalized spacial score (nSPS) is 12.3. The Kier molecular flexibility index (Phi) is 13.0. The molecule has 8 heteroatoms. The maximum absolute atomic E-state index is 13.4. The summed E-state index contributed by atoms with van der Waals surface area (Å²) in [5.74, 6) is -0.415. The molecule has 8 nitrogen and oxygen atoms in total. The first-order valence-electron chi connectivity index (χ1n) is 13.5. The van der Waals surface area contributed by atoms with Crippen molar-refractivity contribution in [2.24, 2.45) is 0 Å². The fourth-order valence-electron chi connectivity index (χ4n) is 4.04. The summed E-state index contributed by atoms with van der Waals surface area (Å²) in [6, 6.07) is 28.2. The van der Waals surface area contributed by atoms with Crippen LogP contribution in [0.25, 0.3) is 0 Å². The third-order valence-electron chi connectivity index (χ3n) is 6.22. The summed E-state index contributed by atoms with van der Waals surface area (Å²) in [5, 5.41) is 11.8. The molecule has 0 heterocycles. The predicted octanol–water partition coefficient (Wildman–Crippen LogP) is 3.88. The first-order valence-corrected chi connectivity index (χ1v) is 13.5. The molecule has 0 fully saturated rings. The fourth-order valence-corrected chi connectivity index (χ4v) is 4.04. The van der Waals surface area contributed by atoms with Crippen molar-refractivity contribution in [2.45, 2.75) is 44.5 Å². The van der Waals surface area contributed by atoms with Crippen LogP contribution in [0.1, 0.15) is 29.5 Å². The van der Waals surface area contributed by atoms with E-state index in [0.29, 0.717) is 32.4 Å². The Hall–Kier alpha value is -4.43. The number of likely N-dealkylation sites (N-methyl/N-ethyl adjacent to an activating group) is 1. The lowest BCUT2D eigenvalue weighted by molar-refractivity contribution is -0.124. The van der Waals surface area contributed by atoms with Gasteiger partial charge in [-0.3, -0.25) is 9.59 Å². The number of ether oxygens (including phenoxy) is 1. The van der Waals surface area contributed by atoms with Crippen molar-refractivity contribution in [3.8, 4) is 0 Å². The second-order valence-corrected chi connectivity index (χ2v) is 9.33. The number of carbonyl (C=O) groups excluding carboxylic acids is 3. The summed E-state index contributed by atoms with van der Waals surface area (Å²) >= 11 is 0. The molecule has 0 bridgehead atoms. The van der Waals surface area contributed by atoms with Crippen LogP contribution >= 0.6 is 0 Å². The Balaban J connectivity index is 1.58. The minimum Gasteiger partial charge on any atom is -0.445 e. The second kappa shape index (κ2) is 17.2. The average molecular weight is 543 g/mol. The molecule has 0 unspecified atom stereocenters. The molecule has 2 atom stereocenters. The van der Waals surface area contributed by atoms with Crippen molar-refractivity contribution < 1.29 is 19.1 Å². The molecular weight excluding hydrogens is 504 g/mol. The minimum absolute atomic E-state index is 0.176. The highest BCUT2D eigenvalue weighted by molar-refractivity contribution is 5.87. The first-order chi connectivity index (χ1) is 19.5. The topological polar surface area (TPSA) is 109 Å². The van der Waals surface area contributed by atoms with Crippen LogP contribution in [0.15, 0.2) is 103 Å². The van der Waals surface area contributed by atoms with Gasteiger partial charge in [-0.25, -0.2) is 4.79 Å². The number of hydrogen-bond acceptors (Lipinski definition) is 5. The van der Waals surface area contributed by atoms with E-state index in [2.05, 4.69) is 21.3 Å². The van der Waals surface area contributed by atoms with Gasteiger partial charge in [0.25, 0.3) is 0 Å². The molecule has 0 aromatic heterocycles. The van der Waals surface area contributed by atoms with Crippen LogP contribution in [-0.2, 0) is 33.9 Å². The zero-order valence-electron chi connectivity index (χ0n) is 22.8. The van der Waals surface area contributed by atoms with Crippen molar-refractivity contribution in [2.75, 3.05) is 13.6 Å². The average Bonchev–Trinajstić information content (AvgIpc) is 2.99. The van der Waals surface area contributed by atoms with E-state index >= 15 is 0 Å². The van der Waals surface area contributed by atoms with Crippen LogP contribution in [-0.4, -0.2) is 43.6 Å². The van der Waals surface area contributed by atoms with Gasteiger partial charge in [0.2, 0.25) is 11.8 Å². The molecule has 0 aliphatic carbocycles. The first kappa shape index (κ1) is 30.1. The summed E-state index contributed by atoms with van der Waals surface area (Å²) in [6.07, 6.45) is 4.25. The fraction of sp³-hybridized carbons (Fsp3) is 0.281. The second-order valence-electron chi connectivity index (χ2n) is 9.33. The lowest BCUT2D eigenvalue weighted by atomic mass is 10.0. The monoisotopic (exact) mass is 542 g/mol. The molecule has 40 heavy (non-hydrogen) atoms. The Bertz CT molecular complexity index is 1200. The van der Waals surface area contributed by atoms with Gasteiger partial charge in [0.1, 0.15) is 6.61 Å². The third kappa shape index (κ3) is 11.5. The molecule has 0 radical (unpaired) electrons. The molecular formula is C32H38N4O4. The lowest BCUT2D eigenvalue weighted by Crippen LogP contribution is -2.48. The van der Waals surface area contributed by atoms with Crippen molar-refractivity contribution in [1.82, 2.24) is 21.3 Å². The van der Waals surface area contributed by atoms with E-state index in [1.165, 1.54) is 6.08 Å². The molecule has 3 rings (SSSR count). The summed E-state index contributed by atoms with van der Waals surface area (Å²) in [6.45, 7) is 1.08. The standard InChI is InChI=1S/C32H38N4O4/c1-33-30(37)20-19-28(22-25-12-5-2-6-13-25)36-31(38)29(35-23-26-14-7-3-8-15-26)18-11-21-34-32(39)40-24-27-16-9-4-10-17-27/h2-10,12-17,19-20,28-29,35H,11,18,21-24H2,1H3,(H,33,37)(H,34,39)(H,36,38)/b20-19+/t28-,29+/m1/s1. The van der Waals surface area contributed by atoms with Crippen molar-refractivity contribution >= 4 is 17.9 Å². The predicted molar refractivity (Wildman–Crippen MR) is 156 cm³/mol. The van der Waals surface area contributed by atoms with Crippen LogP contribution in [0, 0.1) is 0 Å². The Morgan fingerprint density at radius 1 is 0.825 bits per heavy atom. The van der Waals surface area contributed by atoms with E-state index in [-0.39, 0.29) is 24.5 Å². The van der Waals surface area contributed by atoms with E-state index < -0.39 is 12.1 Å². The van der Waals surface area contributed by atoms with Gasteiger partial charge in [0.05, 0.1) is 12.1 Å². The molecule has 3 aromatic rings. The summed E-state index contributed by atoms with van der Waals surface area (Å²) < 4.78 is 5.27. The van der Waals surface area contributed by atoms with Gasteiger partial charge in [-0.2, -0.15) is 0 Å². The van der Waals surface area contributed by atoms with Gasteiger partial charge in [0, 0.05) is 26.2 Å². The molecule has 0 aliphatic rings. The van der Waals surface area contributed by atoms with Crippen LogP contribution < -0.4 is 21.3 Å². The highest BCUT2D eigenvalue weighted by Crippen LogP contribution is 2.08. The molecule has 0 saturated carbocycles. The number of alkyl carbamates (subject to hydrolysis) is 1. The highest BCUT2D eigenvalue weighted by atomic mass is 16.5. The third-order valence-corrected chi connectivity index (χ3v) is 6.22. The summed E-state index contributed by atoms with van der Waals surface area (Å²) in [7, 11) is 1.56. The van der Waals surface area contributed by atoms with Gasteiger partial charge in [-0.1, -0.05) is 97.1 Å². The molecule has 3 aromatic carbocycles. The molecule has 210 valence electrons. The highest BCUT2D eigenvalue weighted by Gasteiger charge is 2.21. The minimum atomic E-state index is -0.506. The molecule has 3 amide bonds. The van der Waals surface area contributed by atoms with Gasteiger partial charge in [0.15, 0.2) is 0 Å². The van der Waals surface area contributed by atoms with Crippen molar-refractivity contribution in [3.63, 3.8) is 0 Å². The molecule has 0 saturated heterocycles. The largest absolute Gasteiger partial charge is 0.445 e.